The Morgan fingerprint density at radius 1 is 1.54 bits per heavy atom. The summed E-state index contributed by atoms with van der Waals surface area (Å²) in [7, 11) is 1.39. The van der Waals surface area contributed by atoms with Crippen LogP contribution in [0.25, 0.3) is 0 Å². The topological polar surface area (TPSA) is 48.1 Å². The second kappa shape index (κ2) is 3.66. The summed E-state index contributed by atoms with van der Waals surface area (Å²) in [4.78, 5) is 3.61. The molecule has 0 amide bonds. The van der Waals surface area contributed by atoms with E-state index in [0.29, 0.717) is 5.75 Å². The van der Waals surface area contributed by atoms with E-state index < -0.39 is 12.5 Å². The predicted molar refractivity (Wildman–Crippen MR) is 43.7 cm³/mol. The maximum atomic E-state index is 13.0. The average molecular weight is 188 g/mol. The Morgan fingerprint density at radius 2 is 2.23 bits per heavy atom. The third-order valence-electron chi connectivity index (χ3n) is 1.63. The minimum absolute atomic E-state index is 0.227. The molecule has 5 heteroatoms. The predicted octanol–water partition coefficient (Wildman–Crippen LogP) is 1.14. The van der Waals surface area contributed by atoms with Gasteiger partial charge in [0.1, 0.15) is 5.75 Å². The number of aromatic nitrogens is 1. The van der Waals surface area contributed by atoms with Gasteiger partial charge in [-0.25, -0.2) is 0 Å². The first-order chi connectivity index (χ1) is 6.10. The molecule has 13 heavy (non-hydrogen) atoms. The molecule has 0 fully saturated rings. The third kappa shape index (κ3) is 2.12. The Bertz CT molecular complexity index is 291. The average Bonchev–Trinajstić information content (AvgIpc) is 2.18. The number of nitrogens with zero attached hydrogens (tertiary/aromatic N) is 1. The van der Waals surface area contributed by atoms with Gasteiger partial charge in [0.15, 0.2) is 0 Å². The van der Waals surface area contributed by atoms with Crippen molar-refractivity contribution in [2.45, 2.75) is 5.92 Å². The molecule has 0 bridgehead atoms. The number of alkyl halides is 2. The molecule has 0 atom stereocenters. The molecule has 72 valence electrons. The summed E-state index contributed by atoms with van der Waals surface area (Å²) in [5, 5.41) is 0. The molecule has 1 aromatic rings. The minimum atomic E-state index is -3.04. The van der Waals surface area contributed by atoms with Crippen molar-refractivity contribution in [3.05, 3.63) is 24.0 Å². The lowest BCUT2D eigenvalue weighted by atomic mass is 10.1. The highest BCUT2D eigenvalue weighted by molar-refractivity contribution is 5.26. The highest BCUT2D eigenvalue weighted by Gasteiger charge is 2.30. The smallest absolute Gasteiger partial charge is 0.286 e. The monoisotopic (exact) mass is 188 g/mol. The van der Waals surface area contributed by atoms with Gasteiger partial charge in [-0.15, -0.1) is 0 Å². The van der Waals surface area contributed by atoms with E-state index in [1.807, 2.05) is 0 Å². The van der Waals surface area contributed by atoms with Crippen LogP contribution in [0.1, 0.15) is 5.56 Å². The molecule has 1 rings (SSSR count). The molecule has 0 aliphatic rings. The summed E-state index contributed by atoms with van der Waals surface area (Å²) in [6.45, 7) is -0.734. The van der Waals surface area contributed by atoms with Crippen LogP contribution in [-0.4, -0.2) is 18.6 Å². The summed E-state index contributed by atoms with van der Waals surface area (Å²) >= 11 is 0. The minimum Gasteiger partial charge on any atom is -0.495 e. The summed E-state index contributed by atoms with van der Waals surface area (Å²) in [5.74, 6) is -2.74. The Kier molecular flexibility index (Phi) is 2.77. The zero-order valence-corrected chi connectivity index (χ0v) is 7.13. The van der Waals surface area contributed by atoms with Crippen LogP contribution in [0.4, 0.5) is 8.78 Å². The molecular formula is C8H10F2N2O. The number of hydrogen-bond acceptors (Lipinski definition) is 3. The Labute approximate surface area is 74.5 Å². The van der Waals surface area contributed by atoms with Crippen molar-refractivity contribution < 1.29 is 13.5 Å². The molecule has 1 aromatic heterocycles. The van der Waals surface area contributed by atoms with Crippen LogP contribution >= 0.6 is 0 Å². The van der Waals surface area contributed by atoms with Crippen molar-refractivity contribution in [2.24, 2.45) is 5.73 Å². The lowest BCUT2D eigenvalue weighted by molar-refractivity contribution is 0.00540. The normalized spacial score (nSPS) is 11.4. The molecule has 3 nitrogen and oxygen atoms in total. The van der Waals surface area contributed by atoms with Gasteiger partial charge < -0.3 is 10.5 Å². The molecule has 0 aliphatic heterocycles. The third-order valence-corrected chi connectivity index (χ3v) is 1.63. The second-order valence-corrected chi connectivity index (χ2v) is 2.52. The summed E-state index contributed by atoms with van der Waals surface area (Å²) in [6.07, 6.45) is 2.44. The van der Waals surface area contributed by atoms with E-state index in [2.05, 4.69) is 4.98 Å². The van der Waals surface area contributed by atoms with E-state index in [0.717, 1.165) is 6.20 Å². The van der Waals surface area contributed by atoms with E-state index in [9.17, 15) is 8.78 Å². The summed E-state index contributed by atoms with van der Waals surface area (Å²) in [5.41, 5.74) is 4.68. The van der Waals surface area contributed by atoms with Gasteiger partial charge in [0.05, 0.1) is 19.9 Å². The van der Waals surface area contributed by atoms with Crippen LogP contribution < -0.4 is 10.5 Å². The van der Waals surface area contributed by atoms with Crippen molar-refractivity contribution in [3.8, 4) is 5.75 Å². The zero-order chi connectivity index (χ0) is 9.90. The van der Waals surface area contributed by atoms with Gasteiger partial charge in [-0.1, -0.05) is 0 Å². The Hall–Kier alpha value is -1.23. The fourth-order valence-corrected chi connectivity index (χ4v) is 0.848. The maximum Gasteiger partial charge on any atom is 0.286 e. The van der Waals surface area contributed by atoms with E-state index in [1.54, 1.807) is 0 Å². The Morgan fingerprint density at radius 3 is 2.77 bits per heavy atom. The van der Waals surface area contributed by atoms with E-state index >= 15 is 0 Å². The molecule has 0 unspecified atom stereocenters. The quantitative estimate of drug-likeness (QED) is 0.773. The van der Waals surface area contributed by atoms with Crippen LogP contribution in [0.5, 0.6) is 5.75 Å². The number of rotatable bonds is 3. The van der Waals surface area contributed by atoms with E-state index in [-0.39, 0.29) is 5.56 Å². The molecule has 0 saturated carbocycles. The van der Waals surface area contributed by atoms with Gasteiger partial charge in [0, 0.05) is 11.8 Å². The van der Waals surface area contributed by atoms with Gasteiger partial charge in [-0.3, -0.25) is 4.98 Å². The van der Waals surface area contributed by atoms with E-state index in [1.165, 1.54) is 19.4 Å². The number of nitrogens with two attached hydrogens (primary N) is 1. The first kappa shape index (κ1) is 9.85. The zero-order valence-electron chi connectivity index (χ0n) is 7.13. The number of halogens is 2. The highest BCUT2D eigenvalue weighted by atomic mass is 19.3. The summed E-state index contributed by atoms with van der Waals surface area (Å²) in [6, 6.07) is 1.22. The van der Waals surface area contributed by atoms with Gasteiger partial charge in [0.2, 0.25) is 0 Å². The van der Waals surface area contributed by atoms with Gasteiger partial charge in [-0.2, -0.15) is 8.78 Å². The van der Waals surface area contributed by atoms with Crippen LogP contribution in [0.2, 0.25) is 0 Å². The van der Waals surface area contributed by atoms with Gasteiger partial charge >= 0.3 is 0 Å². The second-order valence-electron chi connectivity index (χ2n) is 2.52. The van der Waals surface area contributed by atoms with Gasteiger partial charge in [0.25, 0.3) is 5.92 Å². The fraction of sp³-hybridized carbons (Fsp3) is 0.375. The van der Waals surface area contributed by atoms with Crippen LogP contribution in [0.3, 0.4) is 0 Å². The lowest BCUT2D eigenvalue weighted by Gasteiger charge is -2.13. The molecule has 0 aliphatic carbocycles. The fourth-order valence-electron chi connectivity index (χ4n) is 0.848. The van der Waals surface area contributed by atoms with Crippen molar-refractivity contribution in [1.82, 2.24) is 4.98 Å². The lowest BCUT2D eigenvalue weighted by Crippen LogP contribution is -2.25. The SMILES string of the molecule is COc1cncc(C(F)(F)CN)c1. The van der Waals surface area contributed by atoms with Crippen LogP contribution in [-0.2, 0) is 5.92 Å². The molecule has 1 heterocycles. The largest absolute Gasteiger partial charge is 0.495 e. The van der Waals surface area contributed by atoms with Crippen molar-refractivity contribution in [3.63, 3.8) is 0 Å². The molecular weight excluding hydrogens is 178 g/mol. The molecule has 0 spiro atoms. The number of pyridine rings is 1. The number of hydrogen-bond donors (Lipinski definition) is 1. The first-order valence-corrected chi connectivity index (χ1v) is 3.67. The standard InChI is InChI=1S/C8H10F2N2O/c1-13-7-2-6(3-12-4-7)8(9,10)5-11/h2-4H,5,11H2,1H3. The molecule has 0 saturated heterocycles. The molecule has 0 radical (unpaired) electrons. The summed E-state index contributed by atoms with van der Waals surface area (Å²) < 4.78 is 30.7. The van der Waals surface area contributed by atoms with Gasteiger partial charge in [-0.05, 0) is 6.07 Å². The number of methoxy groups -OCH3 is 1. The first-order valence-electron chi connectivity index (χ1n) is 3.67. The van der Waals surface area contributed by atoms with Crippen LogP contribution in [0, 0.1) is 0 Å². The van der Waals surface area contributed by atoms with E-state index in [4.69, 9.17) is 10.5 Å². The van der Waals surface area contributed by atoms with Crippen molar-refractivity contribution in [2.75, 3.05) is 13.7 Å². The van der Waals surface area contributed by atoms with Crippen LogP contribution in [0.15, 0.2) is 18.5 Å². The van der Waals surface area contributed by atoms with Crippen molar-refractivity contribution in [1.29, 1.82) is 0 Å². The highest BCUT2D eigenvalue weighted by Crippen LogP contribution is 2.27. The maximum absolute atomic E-state index is 13.0. The Balaban J connectivity index is 3.01. The number of ether oxygens (including phenoxy) is 1. The van der Waals surface area contributed by atoms with Crippen molar-refractivity contribution >= 4 is 0 Å². The molecule has 0 aromatic carbocycles. The molecule has 2 N–H and O–H groups in total.